The fourth-order valence-electron chi connectivity index (χ4n) is 4.52. The Kier molecular flexibility index (Phi) is 5.27. The fraction of sp³-hybridized carbons (Fsp3) is 0.500. The average molecular weight is 409 g/mol. The van der Waals surface area contributed by atoms with Crippen molar-refractivity contribution < 1.29 is 13.6 Å². The molecule has 0 radical (unpaired) electrons. The highest BCUT2D eigenvalue weighted by Gasteiger charge is 2.39. The van der Waals surface area contributed by atoms with Gasteiger partial charge < -0.3 is 10.2 Å². The molecule has 1 aromatic carbocycles. The summed E-state index contributed by atoms with van der Waals surface area (Å²) in [6.07, 6.45) is 7.50. The standard InChI is InChI=1S/C20H23ClF2N4O/c21-14-10-25-27(11-14)15-6-9-26(12-15)19(28)24-13-20(7-1-2-8-20)16-4-3-5-17(22)18(16)23/h3-5,10-11,15H,1-2,6-9,12-13H2,(H,24,28). The Morgan fingerprint density at radius 3 is 2.82 bits per heavy atom. The average Bonchev–Trinajstić information content (AvgIpc) is 3.42. The number of hydrogen-bond donors (Lipinski definition) is 1. The lowest BCUT2D eigenvalue weighted by Crippen LogP contribution is -2.45. The molecular weight excluding hydrogens is 386 g/mol. The number of hydrogen-bond acceptors (Lipinski definition) is 2. The molecule has 4 rings (SSSR count). The highest BCUT2D eigenvalue weighted by atomic mass is 35.5. The number of carbonyl (C=O) groups is 1. The normalized spacial score (nSPS) is 21.2. The van der Waals surface area contributed by atoms with Gasteiger partial charge in [0.15, 0.2) is 11.6 Å². The maximum absolute atomic E-state index is 14.4. The summed E-state index contributed by atoms with van der Waals surface area (Å²) >= 11 is 5.92. The Bertz CT molecular complexity index is 866. The van der Waals surface area contributed by atoms with E-state index >= 15 is 0 Å². The fourth-order valence-corrected chi connectivity index (χ4v) is 4.66. The van der Waals surface area contributed by atoms with Crippen LogP contribution < -0.4 is 5.32 Å². The van der Waals surface area contributed by atoms with Crippen LogP contribution in [0.3, 0.4) is 0 Å². The predicted octanol–water partition coefficient (Wildman–Crippen LogP) is 4.28. The lowest BCUT2D eigenvalue weighted by molar-refractivity contribution is 0.203. The molecule has 0 spiro atoms. The van der Waals surface area contributed by atoms with E-state index in [9.17, 15) is 13.6 Å². The second-order valence-electron chi connectivity index (χ2n) is 7.77. The molecule has 1 saturated heterocycles. The number of urea groups is 1. The lowest BCUT2D eigenvalue weighted by atomic mass is 9.78. The molecule has 1 aliphatic heterocycles. The number of benzene rings is 1. The third-order valence-electron chi connectivity index (χ3n) is 6.06. The van der Waals surface area contributed by atoms with E-state index in [-0.39, 0.29) is 12.1 Å². The van der Waals surface area contributed by atoms with Gasteiger partial charge in [-0.2, -0.15) is 5.10 Å². The van der Waals surface area contributed by atoms with Gasteiger partial charge in [0.2, 0.25) is 0 Å². The van der Waals surface area contributed by atoms with Crippen molar-refractivity contribution in [2.24, 2.45) is 0 Å². The molecule has 2 aromatic rings. The first-order valence-corrected chi connectivity index (χ1v) is 10.0. The Hall–Kier alpha value is -2.15. The summed E-state index contributed by atoms with van der Waals surface area (Å²) in [6, 6.07) is 4.23. The van der Waals surface area contributed by atoms with Gasteiger partial charge in [0.25, 0.3) is 0 Å². The van der Waals surface area contributed by atoms with Crippen LogP contribution in [-0.2, 0) is 5.41 Å². The summed E-state index contributed by atoms with van der Waals surface area (Å²) in [5.74, 6) is -1.63. The molecule has 1 aromatic heterocycles. The zero-order valence-corrected chi connectivity index (χ0v) is 16.3. The van der Waals surface area contributed by atoms with Gasteiger partial charge in [-0.25, -0.2) is 13.6 Å². The zero-order valence-electron chi connectivity index (χ0n) is 15.5. The quantitative estimate of drug-likeness (QED) is 0.820. The number of carbonyl (C=O) groups excluding carboxylic acids is 1. The van der Waals surface area contributed by atoms with Crippen molar-refractivity contribution in [1.29, 1.82) is 0 Å². The second kappa shape index (κ2) is 7.70. The van der Waals surface area contributed by atoms with E-state index in [1.165, 1.54) is 6.07 Å². The van der Waals surface area contributed by atoms with Crippen LogP contribution in [0.4, 0.5) is 13.6 Å². The molecule has 0 bridgehead atoms. The first-order valence-electron chi connectivity index (χ1n) is 9.65. The molecule has 1 aliphatic carbocycles. The molecule has 2 heterocycles. The van der Waals surface area contributed by atoms with Gasteiger partial charge in [-0.15, -0.1) is 0 Å². The Balaban J connectivity index is 1.42. The molecule has 2 aliphatic rings. The van der Waals surface area contributed by atoms with Gasteiger partial charge in [-0.3, -0.25) is 4.68 Å². The molecule has 2 amide bonds. The summed E-state index contributed by atoms with van der Waals surface area (Å²) in [5, 5.41) is 7.76. The number of amides is 2. The van der Waals surface area contributed by atoms with Gasteiger partial charge in [0.05, 0.1) is 17.3 Å². The van der Waals surface area contributed by atoms with Crippen molar-refractivity contribution in [3.05, 3.63) is 52.8 Å². The Morgan fingerprint density at radius 2 is 2.11 bits per heavy atom. The summed E-state index contributed by atoms with van der Waals surface area (Å²) in [7, 11) is 0. The van der Waals surface area contributed by atoms with E-state index in [2.05, 4.69) is 10.4 Å². The van der Waals surface area contributed by atoms with Crippen LogP contribution in [0.2, 0.25) is 5.02 Å². The molecule has 28 heavy (non-hydrogen) atoms. The lowest BCUT2D eigenvalue weighted by Gasteiger charge is -2.31. The van der Waals surface area contributed by atoms with Crippen molar-refractivity contribution in [3.8, 4) is 0 Å². The summed E-state index contributed by atoms with van der Waals surface area (Å²) in [5.41, 5.74) is -0.174. The predicted molar refractivity (Wildman–Crippen MR) is 102 cm³/mol. The van der Waals surface area contributed by atoms with E-state index < -0.39 is 17.0 Å². The molecule has 8 heteroatoms. The smallest absolute Gasteiger partial charge is 0.317 e. The van der Waals surface area contributed by atoms with Gasteiger partial charge in [0, 0.05) is 31.2 Å². The van der Waals surface area contributed by atoms with Crippen molar-refractivity contribution in [2.75, 3.05) is 19.6 Å². The summed E-state index contributed by atoms with van der Waals surface area (Å²) in [4.78, 5) is 14.4. The Morgan fingerprint density at radius 1 is 1.32 bits per heavy atom. The topological polar surface area (TPSA) is 50.2 Å². The van der Waals surface area contributed by atoms with E-state index in [0.717, 1.165) is 38.2 Å². The number of aromatic nitrogens is 2. The third-order valence-corrected chi connectivity index (χ3v) is 6.25. The van der Waals surface area contributed by atoms with E-state index in [1.54, 1.807) is 28.0 Å². The molecule has 1 atom stereocenters. The monoisotopic (exact) mass is 408 g/mol. The minimum Gasteiger partial charge on any atom is -0.337 e. The van der Waals surface area contributed by atoms with Crippen LogP contribution in [0.1, 0.15) is 43.7 Å². The van der Waals surface area contributed by atoms with E-state index in [4.69, 9.17) is 11.6 Å². The zero-order chi connectivity index (χ0) is 19.7. The van der Waals surface area contributed by atoms with Gasteiger partial charge in [-0.1, -0.05) is 36.6 Å². The third kappa shape index (κ3) is 3.60. The Labute approximate surface area is 167 Å². The molecular formula is C20H23ClF2N4O. The van der Waals surface area contributed by atoms with Crippen LogP contribution >= 0.6 is 11.6 Å². The summed E-state index contributed by atoms with van der Waals surface area (Å²) < 4.78 is 30.0. The van der Waals surface area contributed by atoms with E-state index in [0.29, 0.717) is 30.2 Å². The largest absolute Gasteiger partial charge is 0.337 e. The van der Waals surface area contributed by atoms with Gasteiger partial charge in [-0.05, 0) is 30.9 Å². The van der Waals surface area contributed by atoms with Crippen molar-refractivity contribution in [2.45, 2.75) is 43.6 Å². The maximum atomic E-state index is 14.4. The molecule has 1 N–H and O–H groups in total. The number of nitrogens with zero attached hydrogens (tertiary/aromatic N) is 3. The van der Waals surface area contributed by atoms with Crippen molar-refractivity contribution in [1.82, 2.24) is 20.0 Å². The minimum absolute atomic E-state index is 0.0966. The molecule has 2 fully saturated rings. The van der Waals surface area contributed by atoms with Gasteiger partial charge in [0.1, 0.15) is 0 Å². The highest BCUT2D eigenvalue weighted by molar-refractivity contribution is 6.30. The number of rotatable bonds is 4. The van der Waals surface area contributed by atoms with Crippen LogP contribution in [-0.4, -0.2) is 40.3 Å². The number of likely N-dealkylation sites (tertiary alicyclic amines) is 1. The maximum Gasteiger partial charge on any atom is 0.317 e. The molecule has 5 nitrogen and oxygen atoms in total. The van der Waals surface area contributed by atoms with E-state index in [1.807, 2.05) is 0 Å². The number of nitrogens with one attached hydrogen (secondary N) is 1. The molecule has 1 saturated carbocycles. The second-order valence-corrected chi connectivity index (χ2v) is 8.21. The van der Waals surface area contributed by atoms with Gasteiger partial charge >= 0.3 is 6.03 Å². The van der Waals surface area contributed by atoms with Crippen LogP contribution in [0.25, 0.3) is 0 Å². The summed E-state index contributed by atoms with van der Waals surface area (Å²) in [6.45, 7) is 1.47. The SMILES string of the molecule is O=C(NCC1(c2cccc(F)c2F)CCCC1)N1CCC(n2cc(Cl)cn2)C1. The highest BCUT2D eigenvalue weighted by Crippen LogP contribution is 2.42. The first kappa shape index (κ1) is 19.2. The first-order chi connectivity index (χ1) is 13.5. The number of halogens is 3. The minimum atomic E-state index is -0.838. The van der Waals surface area contributed by atoms with Crippen LogP contribution in [0.5, 0.6) is 0 Å². The molecule has 150 valence electrons. The molecule has 1 unspecified atom stereocenters. The van der Waals surface area contributed by atoms with Crippen molar-refractivity contribution >= 4 is 17.6 Å². The van der Waals surface area contributed by atoms with Crippen molar-refractivity contribution in [3.63, 3.8) is 0 Å². The van der Waals surface area contributed by atoms with Crippen LogP contribution in [0.15, 0.2) is 30.6 Å². The van der Waals surface area contributed by atoms with Crippen LogP contribution in [0, 0.1) is 11.6 Å².